The van der Waals surface area contributed by atoms with Crippen LogP contribution in [0.4, 0.5) is 24.5 Å². The molecule has 0 amide bonds. The Kier molecular flexibility index (Phi) is 6.45. The molecule has 1 aliphatic carbocycles. The van der Waals surface area contributed by atoms with Crippen LogP contribution in [0.3, 0.4) is 0 Å². The number of halogens is 3. The van der Waals surface area contributed by atoms with E-state index in [4.69, 9.17) is 10.5 Å². The number of hydrogen-bond acceptors (Lipinski definition) is 5. The Hall–Kier alpha value is -2.81. The van der Waals surface area contributed by atoms with Crippen LogP contribution in [0.15, 0.2) is 36.4 Å². The second kappa shape index (κ2) is 8.74. The van der Waals surface area contributed by atoms with Crippen molar-refractivity contribution in [1.29, 1.82) is 0 Å². The predicted molar refractivity (Wildman–Crippen MR) is 112 cm³/mol. The first kappa shape index (κ1) is 22.9. The number of alkyl halides is 3. The number of nitrogen functional groups attached to an aromatic ring is 1. The number of nitrogens with one attached hydrogen (secondary N) is 1. The molecule has 168 valence electrons. The van der Waals surface area contributed by atoms with Gasteiger partial charge in [0.25, 0.3) is 5.69 Å². The fourth-order valence-corrected chi connectivity index (χ4v) is 3.72. The number of nitro benzene ring substituents is 1. The maximum atomic E-state index is 13.4. The van der Waals surface area contributed by atoms with Crippen molar-refractivity contribution in [3.63, 3.8) is 0 Å². The minimum absolute atomic E-state index is 0.182. The second-order valence-corrected chi connectivity index (χ2v) is 8.73. The molecule has 1 aliphatic rings. The first-order chi connectivity index (χ1) is 14.4. The van der Waals surface area contributed by atoms with Crippen molar-refractivity contribution in [1.82, 2.24) is 5.32 Å². The number of hydrogen-bond donors (Lipinski definition) is 2. The molecule has 0 atom stereocenters. The first-order valence-corrected chi connectivity index (χ1v) is 10.1. The van der Waals surface area contributed by atoms with Crippen LogP contribution >= 0.6 is 0 Å². The molecule has 6 nitrogen and oxygen atoms in total. The van der Waals surface area contributed by atoms with E-state index in [1.807, 2.05) is 0 Å². The van der Waals surface area contributed by atoms with Gasteiger partial charge in [-0.25, -0.2) is 0 Å². The second-order valence-electron chi connectivity index (χ2n) is 8.73. The summed E-state index contributed by atoms with van der Waals surface area (Å²) in [6.07, 6.45) is -0.229. The van der Waals surface area contributed by atoms with E-state index >= 15 is 0 Å². The van der Waals surface area contributed by atoms with E-state index in [9.17, 15) is 23.3 Å². The van der Waals surface area contributed by atoms with Gasteiger partial charge in [0.1, 0.15) is 22.7 Å². The summed E-state index contributed by atoms with van der Waals surface area (Å²) in [5.41, 5.74) is 4.46. The molecule has 0 unspecified atom stereocenters. The molecule has 0 radical (unpaired) electrons. The number of ether oxygens (including phenoxy) is 1. The topological polar surface area (TPSA) is 90.4 Å². The van der Waals surface area contributed by atoms with E-state index < -0.39 is 33.8 Å². The Morgan fingerprint density at radius 3 is 2.35 bits per heavy atom. The van der Waals surface area contributed by atoms with Crippen LogP contribution in [0.1, 0.15) is 50.7 Å². The van der Waals surface area contributed by atoms with Crippen LogP contribution in [0.5, 0.6) is 11.5 Å². The summed E-state index contributed by atoms with van der Waals surface area (Å²) in [5, 5.41) is 14.5. The molecular weight excluding hydrogens is 411 g/mol. The number of rotatable bonds is 6. The lowest BCUT2D eigenvalue weighted by Gasteiger charge is -2.34. The average molecular weight is 437 g/mol. The van der Waals surface area contributed by atoms with E-state index in [1.165, 1.54) is 12.8 Å². The fourth-order valence-electron chi connectivity index (χ4n) is 3.72. The summed E-state index contributed by atoms with van der Waals surface area (Å²) in [7, 11) is 0. The van der Waals surface area contributed by atoms with Gasteiger partial charge in [0.15, 0.2) is 0 Å². The Bertz CT molecular complexity index is 933. The fraction of sp³-hybridized carbons (Fsp3) is 0.455. The van der Waals surface area contributed by atoms with Gasteiger partial charge in [0.2, 0.25) is 0 Å². The molecule has 3 N–H and O–H groups in total. The molecule has 0 aliphatic heterocycles. The smallest absolute Gasteiger partial charge is 0.420 e. The molecule has 1 fully saturated rings. The van der Waals surface area contributed by atoms with Gasteiger partial charge in [-0.05, 0) is 48.8 Å². The van der Waals surface area contributed by atoms with Gasteiger partial charge in [-0.3, -0.25) is 10.1 Å². The van der Waals surface area contributed by atoms with Crippen LogP contribution in [0, 0.1) is 15.5 Å². The van der Waals surface area contributed by atoms with Crippen molar-refractivity contribution in [2.24, 2.45) is 5.41 Å². The van der Waals surface area contributed by atoms with Crippen LogP contribution in [0.25, 0.3) is 0 Å². The highest BCUT2D eigenvalue weighted by molar-refractivity contribution is 5.64. The third-order valence-corrected chi connectivity index (χ3v) is 5.72. The summed E-state index contributed by atoms with van der Waals surface area (Å²) < 4.78 is 45.5. The number of nitrogens with two attached hydrogens (primary N) is 1. The molecule has 2 aromatic rings. The van der Waals surface area contributed by atoms with Crippen molar-refractivity contribution < 1.29 is 22.8 Å². The van der Waals surface area contributed by atoms with E-state index in [0.29, 0.717) is 24.1 Å². The van der Waals surface area contributed by atoms with Gasteiger partial charge in [-0.2, -0.15) is 13.2 Å². The Labute approximate surface area is 178 Å². The summed E-state index contributed by atoms with van der Waals surface area (Å²) >= 11 is 0. The number of nitrogens with zero attached hydrogens (tertiary/aromatic N) is 1. The molecule has 31 heavy (non-hydrogen) atoms. The molecule has 2 aromatic carbocycles. The van der Waals surface area contributed by atoms with E-state index in [-0.39, 0.29) is 5.75 Å². The minimum atomic E-state index is -4.83. The summed E-state index contributed by atoms with van der Waals surface area (Å²) in [6, 6.07) is 8.38. The molecule has 0 aromatic heterocycles. The Morgan fingerprint density at radius 2 is 1.81 bits per heavy atom. The number of anilines is 1. The standard InChI is InChI=1S/C22H26F3N3O3/c1-21(2)9-7-15(8-10-21)27-13-14-3-5-16(6-4-14)31-20-12-18(26)19(28(29)30)11-17(20)22(23,24)25/h3-6,11-12,15,27H,7-10,13,26H2,1-2H3. The zero-order valence-electron chi connectivity index (χ0n) is 17.5. The SMILES string of the molecule is CC1(C)CCC(NCc2ccc(Oc3cc(N)c([N+](=O)[O-])cc3C(F)(F)F)cc2)CC1. The third kappa shape index (κ3) is 5.88. The lowest BCUT2D eigenvalue weighted by molar-refractivity contribution is -0.384. The highest BCUT2D eigenvalue weighted by Gasteiger charge is 2.37. The molecule has 0 spiro atoms. The number of benzene rings is 2. The normalized spacial score (nSPS) is 16.8. The quantitative estimate of drug-likeness (QED) is 0.326. The Balaban J connectivity index is 1.68. The molecule has 1 saturated carbocycles. The predicted octanol–water partition coefficient (Wildman–Crippen LogP) is 6.05. The highest BCUT2D eigenvalue weighted by atomic mass is 19.4. The maximum absolute atomic E-state index is 13.4. The largest absolute Gasteiger partial charge is 0.457 e. The van der Waals surface area contributed by atoms with Crippen LogP contribution < -0.4 is 15.8 Å². The molecule has 9 heteroatoms. The number of nitro groups is 1. The molecule has 3 rings (SSSR count). The third-order valence-electron chi connectivity index (χ3n) is 5.72. The average Bonchev–Trinajstić information content (AvgIpc) is 2.67. The van der Waals surface area contributed by atoms with Gasteiger partial charge in [-0.15, -0.1) is 0 Å². The zero-order chi connectivity index (χ0) is 22.8. The van der Waals surface area contributed by atoms with Gasteiger partial charge in [0, 0.05) is 24.7 Å². The van der Waals surface area contributed by atoms with E-state index in [0.717, 1.165) is 24.5 Å². The Morgan fingerprint density at radius 1 is 1.19 bits per heavy atom. The van der Waals surface area contributed by atoms with E-state index in [1.54, 1.807) is 24.3 Å². The van der Waals surface area contributed by atoms with Crippen molar-refractivity contribution in [3.8, 4) is 11.5 Å². The van der Waals surface area contributed by atoms with Gasteiger partial charge in [0.05, 0.1) is 4.92 Å². The first-order valence-electron chi connectivity index (χ1n) is 10.1. The monoisotopic (exact) mass is 437 g/mol. The zero-order valence-corrected chi connectivity index (χ0v) is 17.5. The summed E-state index contributed by atoms with van der Waals surface area (Å²) in [4.78, 5) is 9.97. The molecular formula is C22H26F3N3O3. The van der Waals surface area contributed by atoms with Crippen LogP contribution in [-0.4, -0.2) is 11.0 Å². The van der Waals surface area contributed by atoms with Crippen molar-refractivity contribution >= 4 is 11.4 Å². The lowest BCUT2D eigenvalue weighted by Crippen LogP contribution is -2.35. The molecule has 0 heterocycles. The van der Waals surface area contributed by atoms with Crippen molar-refractivity contribution in [2.45, 2.75) is 58.3 Å². The summed E-state index contributed by atoms with van der Waals surface area (Å²) in [5.74, 6) is -0.395. The minimum Gasteiger partial charge on any atom is -0.457 e. The summed E-state index contributed by atoms with van der Waals surface area (Å²) in [6.45, 7) is 5.22. The van der Waals surface area contributed by atoms with Gasteiger partial charge >= 0.3 is 6.18 Å². The van der Waals surface area contributed by atoms with Crippen LogP contribution in [-0.2, 0) is 12.7 Å². The maximum Gasteiger partial charge on any atom is 0.420 e. The highest BCUT2D eigenvalue weighted by Crippen LogP contribution is 2.42. The van der Waals surface area contributed by atoms with Crippen LogP contribution in [0.2, 0.25) is 0 Å². The lowest BCUT2D eigenvalue weighted by atomic mass is 9.75. The molecule has 0 bridgehead atoms. The van der Waals surface area contributed by atoms with Crippen molar-refractivity contribution in [3.05, 3.63) is 57.6 Å². The van der Waals surface area contributed by atoms with Gasteiger partial charge < -0.3 is 15.8 Å². The van der Waals surface area contributed by atoms with Crippen molar-refractivity contribution in [2.75, 3.05) is 5.73 Å². The van der Waals surface area contributed by atoms with Gasteiger partial charge in [-0.1, -0.05) is 26.0 Å². The molecule has 0 saturated heterocycles. The van der Waals surface area contributed by atoms with E-state index in [2.05, 4.69) is 19.2 Å².